The van der Waals surface area contributed by atoms with E-state index in [1.165, 1.54) is 0 Å². The van der Waals surface area contributed by atoms with Gasteiger partial charge in [0.05, 0.1) is 18.3 Å². The summed E-state index contributed by atoms with van der Waals surface area (Å²) >= 11 is 0. The number of fused-ring (bicyclic) bond motifs is 1. The third-order valence-corrected chi connectivity index (χ3v) is 4.12. The number of hydrogen-bond acceptors (Lipinski definition) is 4. The Morgan fingerprint density at radius 2 is 2.05 bits per heavy atom. The summed E-state index contributed by atoms with van der Waals surface area (Å²) in [5.74, 6) is 0.200. The largest absolute Gasteiger partial charge is 0.476 e. The van der Waals surface area contributed by atoms with Gasteiger partial charge in [0.25, 0.3) is 0 Å². The van der Waals surface area contributed by atoms with E-state index in [2.05, 4.69) is 10.3 Å². The summed E-state index contributed by atoms with van der Waals surface area (Å²) in [7, 11) is 0. The average Bonchev–Trinajstić information content (AvgIpc) is 2.78. The van der Waals surface area contributed by atoms with Crippen molar-refractivity contribution in [2.24, 2.45) is 0 Å². The molecule has 1 aromatic rings. The third kappa shape index (κ3) is 2.26. The van der Waals surface area contributed by atoms with Crippen LogP contribution in [-0.2, 0) is 13.0 Å². The molecule has 0 radical (unpaired) electrons. The third-order valence-electron chi connectivity index (χ3n) is 4.12. The minimum atomic E-state index is -0.958. The number of aromatic nitrogens is 2. The van der Waals surface area contributed by atoms with Gasteiger partial charge in [-0.05, 0) is 38.8 Å². The van der Waals surface area contributed by atoms with Crippen LogP contribution in [0.15, 0.2) is 0 Å². The Hall–Kier alpha value is -1.40. The molecule has 0 aromatic carbocycles. The highest BCUT2D eigenvalue weighted by Crippen LogP contribution is 2.30. The molecule has 0 bridgehead atoms. The fourth-order valence-corrected chi connectivity index (χ4v) is 3.13. The number of imidazole rings is 1. The fourth-order valence-electron chi connectivity index (χ4n) is 3.13. The van der Waals surface area contributed by atoms with E-state index < -0.39 is 5.97 Å². The van der Waals surface area contributed by atoms with Crippen molar-refractivity contribution in [3.05, 3.63) is 17.2 Å². The molecule has 1 atom stereocenters. The Labute approximate surface area is 111 Å². The van der Waals surface area contributed by atoms with E-state index >= 15 is 0 Å². The highest BCUT2D eigenvalue weighted by atomic mass is 16.4. The number of hydrogen-bond donors (Lipinski definition) is 3. The molecule has 19 heavy (non-hydrogen) atoms. The van der Waals surface area contributed by atoms with Crippen LogP contribution in [0, 0.1) is 0 Å². The van der Waals surface area contributed by atoms with E-state index in [0.717, 1.165) is 37.4 Å². The van der Waals surface area contributed by atoms with Crippen molar-refractivity contribution in [2.45, 2.75) is 44.2 Å². The van der Waals surface area contributed by atoms with Crippen molar-refractivity contribution in [1.29, 1.82) is 0 Å². The normalized spacial score (nSPS) is 24.2. The number of rotatable bonds is 2. The Morgan fingerprint density at radius 3 is 2.74 bits per heavy atom. The number of carboxylic acids is 1. The van der Waals surface area contributed by atoms with E-state index in [4.69, 9.17) is 0 Å². The number of aromatic carboxylic acids is 1. The van der Waals surface area contributed by atoms with Gasteiger partial charge in [-0.3, -0.25) is 0 Å². The van der Waals surface area contributed by atoms with Gasteiger partial charge in [0, 0.05) is 5.92 Å². The Balaban J connectivity index is 2.01. The number of aliphatic hydroxyl groups is 1. The van der Waals surface area contributed by atoms with Gasteiger partial charge in [-0.2, -0.15) is 0 Å². The molecular formula is C13H19N3O3. The zero-order valence-corrected chi connectivity index (χ0v) is 10.8. The summed E-state index contributed by atoms with van der Waals surface area (Å²) in [4.78, 5) is 15.7. The monoisotopic (exact) mass is 265 g/mol. The number of nitrogens with one attached hydrogen (secondary N) is 1. The lowest BCUT2D eigenvalue weighted by molar-refractivity contribution is 0.0686. The van der Waals surface area contributed by atoms with Gasteiger partial charge in [0.1, 0.15) is 5.82 Å². The predicted molar refractivity (Wildman–Crippen MR) is 68.4 cm³/mol. The second kappa shape index (κ2) is 4.94. The van der Waals surface area contributed by atoms with Gasteiger partial charge in [0.15, 0.2) is 5.69 Å². The molecule has 3 N–H and O–H groups in total. The summed E-state index contributed by atoms with van der Waals surface area (Å²) in [5.41, 5.74) is 0.965. The van der Waals surface area contributed by atoms with Gasteiger partial charge in [0.2, 0.25) is 0 Å². The van der Waals surface area contributed by atoms with Gasteiger partial charge < -0.3 is 20.1 Å². The SMILES string of the molecule is O=C(O)c1nc(C2CCNCC2)n2c1CCC(O)C2. The van der Waals surface area contributed by atoms with Crippen molar-refractivity contribution in [3.8, 4) is 0 Å². The summed E-state index contributed by atoms with van der Waals surface area (Å²) in [6.07, 6.45) is 2.79. The first-order valence-electron chi connectivity index (χ1n) is 6.88. The van der Waals surface area contributed by atoms with Crippen LogP contribution in [0.4, 0.5) is 0 Å². The first-order chi connectivity index (χ1) is 9.16. The first kappa shape index (κ1) is 12.6. The predicted octanol–water partition coefficient (Wildman–Crippen LogP) is 0.355. The molecular weight excluding hydrogens is 246 g/mol. The van der Waals surface area contributed by atoms with E-state index in [1.54, 1.807) is 0 Å². The van der Waals surface area contributed by atoms with Gasteiger partial charge in [-0.15, -0.1) is 0 Å². The van der Waals surface area contributed by atoms with Crippen molar-refractivity contribution in [2.75, 3.05) is 13.1 Å². The van der Waals surface area contributed by atoms with Gasteiger partial charge >= 0.3 is 5.97 Å². The first-order valence-corrected chi connectivity index (χ1v) is 6.88. The van der Waals surface area contributed by atoms with Crippen LogP contribution in [0.25, 0.3) is 0 Å². The lowest BCUT2D eigenvalue weighted by Gasteiger charge is -2.26. The zero-order valence-electron chi connectivity index (χ0n) is 10.8. The molecule has 1 aromatic heterocycles. The van der Waals surface area contributed by atoms with Crippen LogP contribution in [0.2, 0.25) is 0 Å². The van der Waals surface area contributed by atoms with Crippen LogP contribution >= 0.6 is 0 Å². The summed E-state index contributed by atoms with van der Waals surface area (Å²) in [6, 6.07) is 0. The lowest BCUT2D eigenvalue weighted by Crippen LogP contribution is -2.30. The topological polar surface area (TPSA) is 87.4 Å². The zero-order chi connectivity index (χ0) is 13.4. The summed E-state index contributed by atoms with van der Waals surface area (Å²) < 4.78 is 1.95. The number of carbonyl (C=O) groups is 1. The van der Waals surface area contributed by atoms with Crippen LogP contribution in [0.5, 0.6) is 0 Å². The van der Waals surface area contributed by atoms with Crippen molar-refractivity contribution in [1.82, 2.24) is 14.9 Å². The molecule has 2 aliphatic heterocycles. The molecule has 1 saturated heterocycles. The van der Waals surface area contributed by atoms with Crippen molar-refractivity contribution < 1.29 is 15.0 Å². The minimum Gasteiger partial charge on any atom is -0.476 e. The Kier molecular flexibility index (Phi) is 3.28. The molecule has 0 spiro atoms. The quantitative estimate of drug-likeness (QED) is 0.718. The lowest BCUT2D eigenvalue weighted by atomic mass is 9.96. The van der Waals surface area contributed by atoms with E-state index in [9.17, 15) is 15.0 Å². The Morgan fingerprint density at radius 1 is 1.32 bits per heavy atom. The number of carboxylic acid groups (broad SMARTS) is 1. The highest BCUT2D eigenvalue weighted by Gasteiger charge is 2.30. The molecule has 0 amide bonds. The van der Waals surface area contributed by atoms with Crippen LogP contribution in [0.3, 0.4) is 0 Å². The highest BCUT2D eigenvalue weighted by molar-refractivity contribution is 5.87. The standard InChI is InChI=1S/C13H19N3O3/c17-9-1-2-10-11(13(18)19)15-12(16(10)7-9)8-3-5-14-6-4-8/h8-9,14,17H,1-7H2,(H,18,19). The smallest absolute Gasteiger partial charge is 0.356 e. The molecule has 1 fully saturated rings. The second-order valence-corrected chi connectivity index (χ2v) is 5.40. The molecule has 3 rings (SSSR count). The maximum absolute atomic E-state index is 11.3. The Bertz CT molecular complexity index is 492. The fraction of sp³-hybridized carbons (Fsp3) is 0.692. The summed E-state index contributed by atoms with van der Waals surface area (Å²) in [6.45, 7) is 2.37. The number of aliphatic hydroxyl groups excluding tert-OH is 1. The number of nitrogens with zero attached hydrogens (tertiary/aromatic N) is 2. The molecule has 6 nitrogen and oxygen atoms in total. The van der Waals surface area contributed by atoms with Crippen LogP contribution in [-0.4, -0.2) is 44.9 Å². The second-order valence-electron chi connectivity index (χ2n) is 5.40. The maximum atomic E-state index is 11.3. The van der Waals surface area contributed by atoms with E-state index in [1.807, 2.05) is 4.57 Å². The van der Waals surface area contributed by atoms with Gasteiger partial charge in [-0.25, -0.2) is 9.78 Å². The van der Waals surface area contributed by atoms with E-state index in [0.29, 0.717) is 25.3 Å². The average molecular weight is 265 g/mol. The van der Waals surface area contributed by atoms with Crippen LogP contribution in [0.1, 0.15) is 47.2 Å². The summed E-state index contributed by atoms with van der Waals surface area (Å²) in [5, 5.41) is 22.4. The van der Waals surface area contributed by atoms with Crippen molar-refractivity contribution >= 4 is 5.97 Å². The van der Waals surface area contributed by atoms with Crippen LogP contribution < -0.4 is 5.32 Å². The molecule has 2 aliphatic rings. The maximum Gasteiger partial charge on any atom is 0.356 e. The molecule has 0 aliphatic carbocycles. The molecule has 104 valence electrons. The number of piperidine rings is 1. The molecule has 0 saturated carbocycles. The minimum absolute atomic E-state index is 0.181. The molecule has 3 heterocycles. The molecule has 6 heteroatoms. The molecule has 1 unspecified atom stereocenters. The van der Waals surface area contributed by atoms with Crippen molar-refractivity contribution in [3.63, 3.8) is 0 Å². The van der Waals surface area contributed by atoms with Gasteiger partial charge in [-0.1, -0.05) is 0 Å². The van der Waals surface area contributed by atoms with E-state index in [-0.39, 0.29) is 11.8 Å².